The quantitative estimate of drug-likeness (QED) is 0.909. The standard InChI is InChI=1S/C16H17BrN4O/c1-11-8-12(17)4-5-13(11)20-15-9-14(18-10-19-15)16(22)21-6-2-3-7-21/h4-5,8-10H,2-3,6-7H2,1H3,(H,18,19,20). The van der Waals surface area contributed by atoms with E-state index in [4.69, 9.17) is 0 Å². The normalized spacial score (nSPS) is 14.2. The summed E-state index contributed by atoms with van der Waals surface area (Å²) in [4.78, 5) is 22.5. The van der Waals surface area contributed by atoms with Crippen molar-refractivity contribution in [3.05, 3.63) is 46.3 Å². The van der Waals surface area contributed by atoms with Crippen molar-refractivity contribution in [2.45, 2.75) is 19.8 Å². The zero-order valence-corrected chi connectivity index (χ0v) is 13.9. The van der Waals surface area contributed by atoms with E-state index in [1.807, 2.05) is 30.0 Å². The molecule has 1 aliphatic rings. The molecule has 114 valence electrons. The third-order valence-electron chi connectivity index (χ3n) is 3.73. The van der Waals surface area contributed by atoms with Crippen LogP contribution in [0, 0.1) is 6.92 Å². The van der Waals surface area contributed by atoms with Crippen molar-refractivity contribution >= 4 is 33.3 Å². The number of carbonyl (C=O) groups excluding carboxylic acids is 1. The molecule has 6 heteroatoms. The van der Waals surface area contributed by atoms with E-state index in [9.17, 15) is 4.79 Å². The Hall–Kier alpha value is -1.95. The van der Waals surface area contributed by atoms with Crippen molar-refractivity contribution < 1.29 is 4.79 Å². The van der Waals surface area contributed by atoms with Crippen LogP contribution in [-0.4, -0.2) is 33.9 Å². The smallest absolute Gasteiger partial charge is 0.272 e. The van der Waals surface area contributed by atoms with Gasteiger partial charge in [0.15, 0.2) is 0 Å². The van der Waals surface area contributed by atoms with E-state index in [1.54, 1.807) is 6.07 Å². The highest BCUT2D eigenvalue weighted by molar-refractivity contribution is 9.10. The molecule has 1 aromatic heterocycles. The summed E-state index contributed by atoms with van der Waals surface area (Å²) in [6.45, 7) is 3.65. The summed E-state index contributed by atoms with van der Waals surface area (Å²) >= 11 is 3.45. The van der Waals surface area contributed by atoms with Gasteiger partial charge in [0.1, 0.15) is 17.8 Å². The molecule has 3 rings (SSSR count). The summed E-state index contributed by atoms with van der Waals surface area (Å²) in [6, 6.07) is 7.68. The monoisotopic (exact) mass is 360 g/mol. The molecule has 1 aromatic carbocycles. The van der Waals surface area contributed by atoms with Crippen LogP contribution in [0.15, 0.2) is 35.1 Å². The van der Waals surface area contributed by atoms with Gasteiger partial charge < -0.3 is 10.2 Å². The Bertz CT molecular complexity index is 698. The number of aromatic nitrogens is 2. The number of anilines is 2. The molecular weight excluding hydrogens is 344 g/mol. The summed E-state index contributed by atoms with van der Waals surface area (Å²) < 4.78 is 1.03. The topological polar surface area (TPSA) is 58.1 Å². The average Bonchev–Trinajstić information content (AvgIpc) is 3.04. The zero-order valence-electron chi connectivity index (χ0n) is 12.3. The van der Waals surface area contributed by atoms with Crippen LogP contribution < -0.4 is 5.32 Å². The molecule has 0 radical (unpaired) electrons. The fourth-order valence-corrected chi connectivity index (χ4v) is 3.01. The molecule has 0 saturated carbocycles. The van der Waals surface area contributed by atoms with Crippen molar-refractivity contribution in [3.63, 3.8) is 0 Å². The number of hydrogen-bond acceptors (Lipinski definition) is 4. The molecule has 2 aromatic rings. The van der Waals surface area contributed by atoms with Gasteiger partial charge in [-0.25, -0.2) is 9.97 Å². The van der Waals surface area contributed by atoms with Gasteiger partial charge in [0, 0.05) is 29.3 Å². The van der Waals surface area contributed by atoms with Crippen LogP contribution in [-0.2, 0) is 0 Å². The highest BCUT2D eigenvalue weighted by Crippen LogP contribution is 2.23. The van der Waals surface area contributed by atoms with E-state index < -0.39 is 0 Å². The van der Waals surface area contributed by atoms with Gasteiger partial charge in [-0.2, -0.15) is 0 Å². The first-order valence-corrected chi connectivity index (χ1v) is 8.07. The number of carbonyl (C=O) groups is 1. The Balaban J connectivity index is 1.80. The summed E-state index contributed by atoms with van der Waals surface area (Å²) in [5.74, 6) is 0.610. The van der Waals surface area contributed by atoms with Gasteiger partial charge in [-0.15, -0.1) is 0 Å². The Labute approximate surface area is 137 Å². The molecule has 1 saturated heterocycles. The maximum Gasteiger partial charge on any atom is 0.272 e. The SMILES string of the molecule is Cc1cc(Br)ccc1Nc1cc(C(=O)N2CCCC2)ncn1. The number of aryl methyl sites for hydroxylation is 1. The van der Waals surface area contributed by atoms with E-state index in [0.717, 1.165) is 41.7 Å². The Morgan fingerprint density at radius 3 is 2.73 bits per heavy atom. The first-order chi connectivity index (χ1) is 10.6. The van der Waals surface area contributed by atoms with Gasteiger partial charge in [0.05, 0.1) is 0 Å². The van der Waals surface area contributed by atoms with Crippen molar-refractivity contribution in [2.24, 2.45) is 0 Å². The van der Waals surface area contributed by atoms with Crippen LogP contribution in [0.3, 0.4) is 0 Å². The number of halogens is 1. The van der Waals surface area contributed by atoms with Crippen molar-refractivity contribution in [1.82, 2.24) is 14.9 Å². The lowest BCUT2D eigenvalue weighted by atomic mass is 10.2. The zero-order chi connectivity index (χ0) is 15.5. The van der Waals surface area contributed by atoms with Gasteiger partial charge >= 0.3 is 0 Å². The molecule has 5 nitrogen and oxygen atoms in total. The lowest BCUT2D eigenvalue weighted by molar-refractivity contribution is 0.0787. The summed E-state index contributed by atoms with van der Waals surface area (Å²) in [5.41, 5.74) is 2.50. The van der Waals surface area contributed by atoms with E-state index in [1.165, 1.54) is 6.33 Å². The lowest BCUT2D eigenvalue weighted by Crippen LogP contribution is -2.28. The molecule has 0 aliphatic carbocycles. The van der Waals surface area contributed by atoms with Gasteiger partial charge in [-0.05, 0) is 43.5 Å². The molecule has 1 fully saturated rings. The summed E-state index contributed by atoms with van der Waals surface area (Å²) in [6.07, 6.45) is 3.57. The Morgan fingerprint density at radius 2 is 2.00 bits per heavy atom. The van der Waals surface area contributed by atoms with Crippen LogP contribution >= 0.6 is 15.9 Å². The third-order valence-corrected chi connectivity index (χ3v) is 4.22. The molecule has 1 N–H and O–H groups in total. The molecule has 1 amide bonds. The summed E-state index contributed by atoms with van der Waals surface area (Å²) in [5, 5.41) is 3.24. The molecule has 2 heterocycles. The number of hydrogen-bond donors (Lipinski definition) is 1. The van der Waals surface area contributed by atoms with Crippen molar-refractivity contribution in [1.29, 1.82) is 0 Å². The van der Waals surface area contributed by atoms with E-state index in [0.29, 0.717) is 11.5 Å². The first kappa shape index (κ1) is 15.0. The van der Waals surface area contributed by atoms with Crippen molar-refractivity contribution in [3.8, 4) is 0 Å². The lowest BCUT2D eigenvalue weighted by Gasteiger charge is -2.15. The number of nitrogens with zero attached hydrogens (tertiary/aromatic N) is 3. The van der Waals surface area contributed by atoms with Gasteiger partial charge in [0.2, 0.25) is 0 Å². The third kappa shape index (κ3) is 3.27. The van der Waals surface area contributed by atoms with E-state index in [2.05, 4.69) is 31.2 Å². The van der Waals surface area contributed by atoms with Crippen molar-refractivity contribution in [2.75, 3.05) is 18.4 Å². The number of benzene rings is 1. The van der Waals surface area contributed by atoms with Crippen LogP contribution in [0.5, 0.6) is 0 Å². The number of nitrogens with one attached hydrogen (secondary N) is 1. The van der Waals surface area contributed by atoms with Gasteiger partial charge in [0.25, 0.3) is 5.91 Å². The molecule has 0 atom stereocenters. The van der Waals surface area contributed by atoms with E-state index >= 15 is 0 Å². The number of amides is 1. The molecule has 22 heavy (non-hydrogen) atoms. The minimum Gasteiger partial charge on any atom is -0.340 e. The number of rotatable bonds is 3. The molecule has 0 bridgehead atoms. The maximum atomic E-state index is 12.4. The molecule has 1 aliphatic heterocycles. The van der Waals surface area contributed by atoms with Crippen LogP contribution in [0.25, 0.3) is 0 Å². The molecular formula is C16H17BrN4O. The summed E-state index contributed by atoms with van der Waals surface area (Å²) in [7, 11) is 0. The number of likely N-dealkylation sites (tertiary alicyclic amines) is 1. The van der Waals surface area contributed by atoms with Crippen LogP contribution in [0.4, 0.5) is 11.5 Å². The second-order valence-corrected chi connectivity index (χ2v) is 6.29. The fourth-order valence-electron chi connectivity index (χ4n) is 2.53. The average molecular weight is 361 g/mol. The van der Waals surface area contributed by atoms with E-state index in [-0.39, 0.29) is 5.91 Å². The molecule has 0 spiro atoms. The van der Waals surface area contributed by atoms with Gasteiger partial charge in [-0.1, -0.05) is 15.9 Å². The van der Waals surface area contributed by atoms with Crippen LogP contribution in [0.2, 0.25) is 0 Å². The minimum absolute atomic E-state index is 0.0181. The highest BCUT2D eigenvalue weighted by Gasteiger charge is 2.20. The Kier molecular flexibility index (Phi) is 4.38. The Morgan fingerprint density at radius 1 is 1.23 bits per heavy atom. The first-order valence-electron chi connectivity index (χ1n) is 7.28. The fraction of sp³-hybridized carbons (Fsp3) is 0.312. The van der Waals surface area contributed by atoms with Gasteiger partial charge in [-0.3, -0.25) is 4.79 Å². The molecule has 0 unspecified atom stereocenters. The largest absolute Gasteiger partial charge is 0.340 e. The second-order valence-electron chi connectivity index (χ2n) is 5.37. The maximum absolute atomic E-state index is 12.4. The second kappa shape index (κ2) is 6.44. The highest BCUT2D eigenvalue weighted by atomic mass is 79.9. The minimum atomic E-state index is -0.0181. The van der Waals surface area contributed by atoms with Crippen LogP contribution in [0.1, 0.15) is 28.9 Å². The predicted molar refractivity (Wildman–Crippen MR) is 89.3 cm³/mol. The predicted octanol–water partition coefficient (Wildman–Crippen LogP) is 3.53.